The summed E-state index contributed by atoms with van der Waals surface area (Å²) in [5.74, 6) is -0.199. The summed E-state index contributed by atoms with van der Waals surface area (Å²) < 4.78 is 0. The molecule has 5 nitrogen and oxygen atoms in total. The molecule has 0 fully saturated rings. The first-order valence-corrected chi connectivity index (χ1v) is 6.75. The molecule has 0 spiro atoms. The van der Waals surface area contributed by atoms with E-state index in [9.17, 15) is 9.59 Å². The third-order valence-corrected chi connectivity index (χ3v) is 3.25. The van der Waals surface area contributed by atoms with Crippen LogP contribution in [0.3, 0.4) is 0 Å². The van der Waals surface area contributed by atoms with Gasteiger partial charge in [0.05, 0.1) is 0 Å². The molecule has 2 amide bonds. The summed E-state index contributed by atoms with van der Waals surface area (Å²) >= 11 is 0. The van der Waals surface area contributed by atoms with Crippen molar-refractivity contribution in [1.29, 1.82) is 0 Å². The zero-order valence-corrected chi connectivity index (χ0v) is 13.7. The van der Waals surface area contributed by atoms with Crippen molar-refractivity contribution in [3.63, 3.8) is 0 Å². The summed E-state index contributed by atoms with van der Waals surface area (Å²) in [6.45, 7) is 5.98. The van der Waals surface area contributed by atoms with Gasteiger partial charge in [0.2, 0.25) is 5.91 Å². The maximum absolute atomic E-state index is 12.2. The van der Waals surface area contributed by atoms with Gasteiger partial charge in [-0.3, -0.25) is 9.59 Å². The van der Waals surface area contributed by atoms with Gasteiger partial charge in [-0.1, -0.05) is 13.8 Å². The number of nitrogens with zero attached hydrogens (tertiary/aromatic N) is 1. The quantitative estimate of drug-likeness (QED) is 0.874. The van der Waals surface area contributed by atoms with E-state index in [1.165, 1.54) is 0 Å². The Morgan fingerprint density at radius 2 is 1.71 bits per heavy atom. The fourth-order valence-corrected chi connectivity index (χ4v) is 1.54. The molecule has 0 aliphatic rings. The lowest BCUT2D eigenvalue weighted by molar-refractivity contribution is -0.118. The summed E-state index contributed by atoms with van der Waals surface area (Å²) in [4.78, 5) is 25.3. The Hall–Kier alpha value is -1.59. The van der Waals surface area contributed by atoms with Crippen molar-refractivity contribution >= 4 is 29.9 Å². The molecule has 21 heavy (non-hydrogen) atoms. The molecule has 0 saturated carbocycles. The fraction of sp³-hybridized carbons (Fsp3) is 0.467. The number of benzene rings is 1. The molecule has 0 saturated heterocycles. The monoisotopic (exact) mass is 313 g/mol. The van der Waals surface area contributed by atoms with Gasteiger partial charge in [0.1, 0.15) is 0 Å². The van der Waals surface area contributed by atoms with Crippen LogP contribution in [0.4, 0.5) is 5.69 Å². The molecule has 0 aliphatic heterocycles. The molecule has 0 aliphatic carbocycles. The van der Waals surface area contributed by atoms with Gasteiger partial charge in [0, 0.05) is 36.8 Å². The van der Waals surface area contributed by atoms with E-state index in [0.29, 0.717) is 17.8 Å². The van der Waals surface area contributed by atoms with E-state index in [0.717, 1.165) is 0 Å². The summed E-state index contributed by atoms with van der Waals surface area (Å²) in [5, 5.41) is 2.79. The number of hydrogen-bond donors (Lipinski definition) is 2. The average Bonchev–Trinajstić information content (AvgIpc) is 2.45. The third-order valence-electron chi connectivity index (χ3n) is 3.25. The molecule has 1 aromatic carbocycles. The minimum Gasteiger partial charge on any atom is -0.338 e. The first kappa shape index (κ1) is 19.4. The van der Waals surface area contributed by atoms with Crippen LogP contribution in [0.1, 0.15) is 31.1 Å². The van der Waals surface area contributed by atoms with Crippen LogP contribution in [0, 0.1) is 5.92 Å². The zero-order chi connectivity index (χ0) is 15.3. The van der Waals surface area contributed by atoms with E-state index in [1.54, 1.807) is 36.2 Å². The number of nitrogens with one attached hydrogen (secondary N) is 1. The molecule has 6 heteroatoms. The Morgan fingerprint density at radius 3 is 2.14 bits per heavy atom. The molecule has 0 heterocycles. The summed E-state index contributed by atoms with van der Waals surface area (Å²) in [6.07, 6.45) is 0. The van der Waals surface area contributed by atoms with E-state index in [1.807, 2.05) is 20.8 Å². The van der Waals surface area contributed by atoms with Crippen molar-refractivity contribution in [3.8, 4) is 0 Å². The second-order valence-corrected chi connectivity index (χ2v) is 5.22. The Labute approximate surface area is 132 Å². The Balaban J connectivity index is 0.00000400. The standard InChI is InChI=1S/C15H23N3O2.ClH/c1-10(2)14(19)17-13-7-5-12(6-8-13)15(20)18(4)11(3)9-16;/h5-8,10-11H,9,16H2,1-4H3,(H,17,19);1H. The molecule has 1 atom stereocenters. The molecule has 0 radical (unpaired) electrons. The second kappa shape index (κ2) is 8.64. The highest BCUT2D eigenvalue weighted by molar-refractivity contribution is 5.96. The SMILES string of the molecule is CC(C)C(=O)Nc1ccc(C(=O)N(C)C(C)CN)cc1.Cl. The molecule has 118 valence electrons. The summed E-state index contributed by atoms with van der Waals surface area (Å²) in [6, 6.07) is 6.86. The van der Waals surface area contributed by atoms with Crippen LogP contribution in [0.15, 0.2) is 24.3 Å². The molecule has 1 aromatic rings. The van der Waals surface area contributed by atoms with E-state index in [-0.39, 0.29) is 36.2 Å². The number of anilines is 1. The predicted octanol–water partition coefficient (Wildman–Crippen LogP) is 2.12. The van der Waals surface area contributed by atoms with E-state index in [2.05, 4.69) is 5.32 Å². The van der Waals surface area contributed by atoms with Crippen molar-refractivity contribution in [1.82, 2.24) is 4.90 Å². The Morgan fingerprint density at radius 1 is 1.19 bits per heavy atom. The lowest BCUT2D eigenvalue weighted by Crippen LogP contribution is -2.39. The number of nitrogens with two attached hydrogens (primary N) is 1. The van der Waals surface area contributed by atoms with Crippen LogP contribution in [-0.4, -0.2) is 36.3 Å². The van der Waals surface area contributed by atoms with Crippen LogP contribution in [0.5, 0.6) is 0 Å². The number of amides is 2. The van der Waals surface area contributed by atoms with Gasteiger partial charge in [0.25, 0.3) is 5.91 Å². The smallest absolute Gasteiger partial charge is 0.253 e. The van der Waals surface area contributed by atoms with Crippen molar-refractivity contribution < 1.29 is 9.59 Å². The van der Waals surface area contributed by atoms with Crippen LogP contribution in [0.25, 0.3) is 0 Å². The molecular formula is C15H24ClN3O2. The maximum Gasteiger partial charge on any atom is 0.253 e. The lowest BCUT2D eigenvalue weighted by atomic mass is 10.1. The minimum absolute atomic E-state index is 0. The summed E-state index contributed by atoms with van der Waals surface area (Å²) in [5.41, 5.74) is 6.82. The van der Waals surface area contributed by atoms with E-state index < -0.39 is 0 Å². The van der Waals surface area contributed by atoms with Crippen LogP contribution >= 0.6 is 12.4 Å². The van der Waals surface area contributed by atoms with E-state index >= 15 is 0 Å². The van der Waals surface area contributed by atoms with Crippen LogP contribution < -0.4 is 11.1 Å². The van der Waals surface area contributed by atoms with Gasteiger partial charge >= 0.3 is 0 Å². The number of hydrogen-bond acceptors (Lipinski definition) is 3. The molecular weight excluding hydrogens is 290 g/mol. The van der Waals surface area contributed by atoms with Gasteiger partial charge < -0.3 is 16.0 Å². The number of likely N-dealkylation sites (N-methyl/N-ethyl adjacent to an activating group) is 1. The fourth-order valence-electron chi connectivity index (χ4n) is 1.54. The predicted molar refractivity (Wildman–Crippen MR) is 87.8 cm³/mol. The molecule has 0 aromatic heterocycles. The highest BCUT2D eigenvalue weighted by atomic mass is 35.5. The largest absolute Gasteiger partial charge is 0.338 e. The normalized spacial score (nSPS) is 11.5. The molecule has 1 unspecified atom stereocenters. The lowest BCUT2D eigenvalue weighted by Gasteiger charge is -2.23. The molecule has 0 bridgehead atoms. The van der Waals surface area contributed by atoms with Crippen molar-refractivity contribution in [2.45, 2.75) is 26.8 Å². The van der Waals surface area contributed by atoms with Gasteiger partial charge in [-0.2, -0.15) is 0 Å². The van der Waals surface area contributed by atoms with E-state index in [4.69, 9.17) is 5.73 Å². The first-order chi connectivity index (χ1) is 9.36. The Bertz CT molecular complexity index is 474. The first-order valence-electron chi connectivity index (χ1n) is 6.75. The zero-order valence-electron chi connectivity index (χ0n) is 12.9. The van der Waals surface area contributed by atoms with Crippen LogP contribution in [-0.2, 0) is 4.79 Å². The van der Waals surface area contributed by atoms with Gasteiger partial charge in [0.15, 0.2) is 0 Å². The summed E-state index contributed by atoms with van der Waals surface area (Å²) in [7, 11) is 1.73. The van der Waals surface area contributed by atoms with Crippen molar-refractivity contribution in [3.05, 3.63) is 29.8 Å². The second-order valence-electron chi connectivity index (χ2n) is 5.22. The average molecular weight is 314 g/mol. The molecule has 3 N–H and O–H groups in total. The van der Waals surface area contributed by atoms with Gasteiger partial charge in [-0.25, -0.2) is 0 Å². The van der Waals surface area contributed by atoms with Gasteiger partial charge in [-0.05, 0) is 31.2 Å². The number of halogens is 1. The molecule has 1 rings (SSSR count). The highest BCUT2D eigenvalue weighted by Crippen LogP contribution is 2.13. The minimum atomic E-state index is -0.0790. The third kappa shape index (κ3) is 5.36. The van der Waals surface area contributed by atoms with Gasteiger partial charge in [-0.15, -0.1) is 12.4 Å². The Kier molecular flexibility index (Phi) is 7.99. The number of carbonyl (C=O) groups is 2. The topological polar surface area (TPSA) is 75.4 Å². The van der Waals surface area contributed by atoms with Crippen molar-refractivity contribution in [2.75, 3.05) is 18.9 Å². The highest BCUT2D eigenvalue weighted by Gasteiger charge is 2.16. The van der Waals surface area contributed by atoms with Crippen LogP contribution in [0.2, 0.25) is 0 Å². The number of rotatable bonds is 5. The maximum atomic E-state index is 12.2. The van der Waals surface area contributed by atoms with Crippen molar-refractivity contribution in [2.24, 2.45) is 11.7 Å². The number of carbonyl (C=O) groups excluding carboxylic acids is 2.